The van der Waals surface area contributed by atoms with Gasteiger partial charge < -0.3 is 19.7 Å². The lowest BCUT2D eigenvalue weighted by Crippen LogP contribution is -2.46. The second-order valence-corrected chi connectivity index (χ2v) is 7.88. The molecule has 0 unspecified atom stereocenters. The molecule has 0 atom stereocenters. The number of ether oxygens (including phenoxy) is 2. The van der Waals surface area contributed by atoms with Gasteiger partial charge in [0.1, 0.15) is 11.5 Å². The van der Waals surface area contributed by atoms with Crippen molar-refractivity contribution < 1.29 is 19.1 Å². The molecule has 1 fully saturated rings. The molecule has 1 N–H and O–H groups in total. The zero-order chi connectivity index (χ0) is 22.1. The second kappa shape index (κ2) is 11.6. The number of likely N-dealkylation sites (tertiary alicyclic amines) is 1. The van der Waals surface area contributed by atoms with Crippen molar-refractivity contribution in [3.63, 3.8) is 0 Å². The van der Waals surface area contributed by atoms with E-state index in [1.54, 1.807) is 30.3 Å². The van der Waals surface area contributed by atoms with Crippen LogP contribution in [0.1, 0.15) is 43.0 Å². The minimum atomic E-state index is -0.0930. The Kier molecular flexibility index (Phi) is 8.59. The van der Waals surface area contributed by atoms with Gasteiger partial charge in [0.05, 0.1) is 18.2 Å². The zero-order valence-electron chi connectivity index (χ0n) is 17.8. The van der Waals surface area contributed by atoms with Crippen molar-refractivity contribution in [2.24, 2.45) is 0 Å². The first-order valence-corrected chi connectivity index (χ1v) is 11.1. The minimum absolute atomic E-state index is 0.0756. The molecule has 6 nitrogen and oxygen atoms in total. The quantitative estimate of drug-likeness (QED) is 0.585. The van der Waals surface area contributed by atoms with Crippen molar-refractivity contribution in [2.75, 3.05) is 26.3 Å². The van der Waals surface area contributed by atoms with Crippen LogP contribution in [-0.4, -0.2) is 49.1 Å². The molecule has 2 aromatic carbocycles. The maximum Gasteiger partial charge on any atom is 0.251 e. The van der Waals surface area contributed by atoms with E-state index >= 15 is 0 Å². The Balaban J connectivity index is 1.35. The number of halogens is 1. The number of hydrogen-bond donors (Lipinski definition) is 1. The standard InChI is InChI=1S/C24H29ClN2O4/c1-2-30-20-11-9-18(10-12-20)24(29)26-19-13-15-27(16-14-19)23(28)8-5-17-31-22-7-4-3-6-21(22)25/h3-4,6-7,9-12,19H,2,5,8,13-17H2,1H3,(H,26,29). The maximum atomic E-state index is 12.5. The first kappa shape index (κ1) is 22.9. The van der Waals surface area contributed by atoms with Crippen molar-refractivity contribution in [3.8, 4) is 11.5 Å². The third-order valence-corrected chi connectivity index (χ3v) is 5.55. The van der Waals surface area contributed by atoms with Crippen LogP contribution >= 0.6 is 11.6 Å². The number of carbonyl (C=O) groups is 2. The molecule has 2 aromatic rings. The first-order valence-electron chi connectivity index (χ1n) is 10.8. The van der Waals surface area contributed by atoms with Crippen molar-refractivity contribution in [1.82, 2.24) is 10.2 Å². The van der Waals surface area contributed by atoms with E-state index in [-0.39, 0.29) is 17.9 Å². The van der Waals surface area contributed by atoms with E-state index in [2.05, 4.69) is 5.32 Å². The van der Waals surface area contributed by atoms with Gasteiger partial charge in [-0.3, -0.25) is 9.59 Å². The predicted octanol–water partition coefficient (Wildman–Crippen LogP) is 4.32. The van der Waals surface area contributed by atoms with Gasteiger partial charge in [0.15, 0.2) is 0 Å². The summed E-state index contributed by atoms with van der Waals surface area (Å²) in [6.07, 6.45) is 2.58. The van der Waals surface area contributed by atoms with Gasteiger partial charge in [0.2, 0.25) is 5.91 Å². The summed E-state index contributed by atoms with van der Waals surface area (Å²) in [6.45, 7) is 4.27. The third-order valence-electron chi connectivity index (χ3n) is 5.24. The van der Waals surface area contributed by atoms with Crippen molar-refractivity contribution >= 4 is 23.4 Å². The number of hydrogen-bond acceptors (Lipinski definition) is 4. The van der Waals surface area contributed by atoms with Crippen LogP contribution in [0, 0.1) is 0 Å². The van der Waals surface area contributed by atoms with Gasteiger partial charge in [-0.15, -0.1) is 0 Å². The lowest BCUT2D eigenvalue weighted by atomic mass is 10.0. The number of benzene rings is 2. The van der Waals surface area contributed by atoms with E-state index < -0.39 is 0 Å². The summed E-state index contributed by atoms with van der Waals surface area (Å²) in [5.41, 5.74) is 0.612. The highest BCUT2D eigenvalue weighted by molar-refractivity contribution is 6.32. The molecule has 0 spiro atoms. The van der Waals surface area contributed by atoms with E-state index in [4.69, 9.17) is 21.1 Å². The SMILES string of the molecule is CCOc1ccc(C(=O)NC2CCN(C(=O)CCCOc3ccccc3Cl)CC2)cc1. The van der Waals surface area contributed by atoms with Crippen LogP contribution < -0.4 is 14.8 Å². The number of amides is 2. The lowest BCUT2D eigenvalue weighted by molar-refractivity contribution is -0.132. The van der Waals surface area contributed by atoms with Gasteiger partial charge in [-0.25, -0.2) is 0 Å². The van der Waals surface area contributed by atoms with Gasteiger partial charge >= 0.3 is 0 Å². The normalized spacial score (nSPS) is 14.2. The fourth-order valence-corrected chi connectivity index (χ4v) is 3.73. The molecule has 0 aromatic heterocycles. The fraction of sp³-hybridized carbons (Fsp3) is 0.417. The summed E-state index contributed by atoms with van der Waals surface area (Å²) in [6, 6.07) is 14.5. The molecule has 7 heteroatoms. The second-order valence-electron chi connectivity index (χ2n) is 7.47. The molecule has 166 valence electrons. The zero-order valence-corrected chi connectivity index (χ0v) is 18.6. The molecule has 0 saturated carbocycles. The van der Waals surface area contributed by atoms with E-state index in [1.807, 2.05) is 30.0 Å². The van der Waals surface area contributed by atoms with Crippen LogP contribution in [-0.2, 0) is 4.79 Å². The Morgan fingerprint density at radius 1 is 1.06 bits per heavy atom. The number of carbonyl (C=O) groups excluding carboxylic acids is 2. The topological polar surface area (TPSA) is 67.9 Å². The van der Waals surface area contributed by atoms with Crippen LogP contribution in [0.2, 0.25) is 5.02 Å². The third kappa shape index (κ3) is 6.89. The molecule has 3 rings (SSSR count). The Labute approximate surface area is 188 Å². The van der Waals surface area contributed by atoms with Crippen LogP contribution in [0.3, 0.4) is 0 Å². The number of nitrogens with one attached hydrogen (secondary N) is 1. The summed E-state index contributed by atoms with van der Waals surface area (Å²) in [4.78, 5) is 26.8. The minimum Gasteiger partial charge on any atom is -0.494 e. The molecule has 1 aliphatic heterocycles. The summed E-state index contributed by atoms with van der Waals surface area (Å²) in [5.74, 6) is 1.42. The molecule has 1 aliphatic rings. The van der Waals surface area contributed by atoms with E-state index in [0.717, 1.165) is 18.6 Å². The predicted molar refractivity (Wildman–Crippen MR) is 121 cm³/mol. The largest absolute Gasteiger partial charge is 0.494 e. The highest BCUT2D eigenvalue weighted by Crippen LogP contribution is 2.23. The van der Waals surface area contributed by atoms with Gasteiger partial charge in [0, 0.05) is 31.1 Å². The first-order chi connectivity index (χ1) is 15.1. The number of rotatable bonds is 9. The highest BCUT2D eigenvalue weighted by Gasteiger charge is 2.24. The number of piperidine rings is 1. The molecular weight excluding hydrogens is 416 g/mol. The van der Waals surface area contributed by atoms with Crippen LogP contribution in [0.5, 0.6) is 11.5 Å². The maximum absolute atomic E-state index is 12.5. The van der Waals surface area contributed by atoms with Gasteiger partial charge in [-0.2, -0.15) is 0 Å². The van der Waals surface area contributed by atoms with E-state index in [1.165, 1.54) is 0 Å². The van der Waals surface area contributed by atoms with E-state index in [0.29, 0.717) is 55.5 Å². The van der Waals surface area contributed by atoms with Crippen LogP contribution in [0.25, 0.3) is 0 Å². The smallest absolute Gasteiger partial charge is 0.251 e. The van der Waals surface area contributed by atoms with Crippen molar-refractivity contribution in [3.05, 3.63) is 59.1 Å². The molecule has 0 radical (unpaired) electrons. The molecule has 1 saturated heterocycles. The summed E-state index contributed by atoms with van der Waals surface area (Å²) >= 11 is 6.06. The van der Waals surface area contributed by atoms with Gasteiger partial charge in [-0.05, 0) is 62.6 Å². The highest BCUT2D eigenvalue weighted by atomic mass is 35.5. The van der Waals surface area contributed by atoms with E-state index in [9.17, 15) is 9.59 Å². The Hall–Kier alpha value is -2.73. The summed E-state index contributed by atoms with van der Waals surface area (Å²) in [5, 5.41) is 3.64. The molecule has 0 aliphatic carbocycles. The molecular formula is C24H29ClN2O4. The average molecular weight is 445 g/mol. The fourth-order valence-electron chi connectivity index (χ4n) is 3.54. The Morgan fingerprint density at radius 3 is 2.45 bits per heavy atom. The van der Waals surface area contributed by atoms with Gasteiger partial charge in [0.25, 0.3) is 5.91 Å². The Morgan fingerprint density at radius 2 is 1.77 bits per heavy atom. The van der Waals surface area contributed by atoms with Gasteiger partial charge in [-0.1, -0.05) is 23.7 Å². The molecule has 2 amide bonds. The molecule has 1 heterocycles. The lowest BCUT2D eigenvalue weighted by Gasteiger charge is -2.32. The molecule has 0 bridgehead atoms. The summed E-state index contributed by atoms with van der Waals surface area (Å²) in [7, 11) is 0. The van der Waals surface area contributed by atoms with Crippen LogP contribution in [0.15, 0.2) is 48.5 Å². The monoisotopic (exact) mass is 444 g/mol. The summed E-state index contributed by atoms with van der Waals surface area (Å²) < 4.78 is 11.0. The average Bonchev–Trinajstić information content (AvgIpc) is 2.79. The number of para-hydroxylation sites is 1. The van der Waals surface area contributed by atoms with Crippen LogP contribution in [0.4, 0.5) is 0 Å². The number of nitrogens with zero attached hydrogens (tertiary/aromatic N) is 1. The van der Waals surface area contributed by atoms with Crippen molar-refractivity contribution in [2.45, 2.75) is 38.6 Å². The Bertz CT molecular complexity index is 864. The van der Waals surface area contributed by atoms with Crippen molar-refractivity contribution in [1.29, 1.82) is 0 Å². The molecule has 31 heavy (non-hydrogen) atoms.